The van der Waals surface area contributed by atoms with E-state index in [0.29, 0.717) is 30.4 Å². The zero-order valence-corrected chi connectivity index (χ0v) is 8.76. The second-order valence-electron chi connectivity index (χ2n) is 4.43. The van der Waals surface area contributed by atoms with Crippen LogP contribution in [-0.2, 0) is 5.67 Å². The highest BCUT2D eigenvalue weighted by molar-refractivity contribution is 5.30. The molecule has 0 aliphatic heterocycles. The van der Waals surface area contributed by atoms with Crippen LogP contribution in [0.5, 0.6) is 0 Å². The highest BCUT2D eigenvalue weighted by Crippen LogP contribution is 2.42. The minimum atomic E-state index is -1.35. The van der Waals surface area contributed by atoms with Crippen molar-refractivity contribution in [1.29, 1.82) is 0 Å². The zero-order chi connectivity index (χ0) is 11.1. The number of rotatable bonds is 1. The molecule has 2 N–H and O–H groups in total. The largest absolute Gasteiger partial charge is 0.328 e. The van der Waals surface area contributed by atoms with Gasteiger partial charge in [0.2, 0.25) is 0 Å². The van der Waals surface area contributed by atoms with Crippen LogP contribution in [0.1, 0.15) is 30.4 Å². The van der Waals surface area contributed by atoms with Gasteiger partial charge in [-0.05, 0) is 43.0 Å². The van der Waals surface area contributed by atoms with Crippen molar-refractivity contribution < 1.29 is 8.78 Å². The summed E-state index contributed by atoms with van der Waals surface area (Å²) in [4.78, 5) is 0. The molecule has 82 valence electrons. The Balaban J connectivity index is 2.33. The van der Waals surface area contributed by atoms with E-state index in [2.05, 4.69) is 0 Å². The van der Waals surface area contributed by atoms with Gasteiger partial charge in [-0.2, -0.15) is 0 Å². The Hall–Kier alpha value is -0.960. The first-order valence-electron chi connectivity index (χ1n) is 5.22. The summed E-state index contributed by atoms with van der Waals surface area (Å²) in [7, 11) is 0. The summed E-state index contributed by atoms with van der Waals surface area (Å²) in [5.74, 6) is -0.287. The Morgan fingerprint density at radius 2 is 2.20 bits per heavy atom. The normalized spacial score (nSPS) is 30.8. The first kappa shape index (κ1) is 10.6. The van der Waals surface area contributed by atoms with Crippen molar-refractivity contribution in [2.45, 2.75) is 37.9 Å². The Morgan fingerprint density at radius 1 is 1.47 bits per heavy atom. The van der Waals surface area contributed by atoms with Gasteiger partial charge in [-0.1, -0.05) is 6.07 Å². The Bertz CT molecular complexity index is 378. The summed E-state index contributed by atoms with van der Waals surface area (Å²) >= 11 is 0. The first-order valence-corrected chi connectivity index (χ1v) is 5.22. The van der Waals surface area contributed by atoms with Crippen molar-refractivity contribution in [3.05, 3.63) is 35.1 Å². The van der Waals surface area contributed by atoms with Gasteiger partial charge < -0.3 is 5.73 Å². The van der Waals surface area contributed by atoms with E-state index < -0.39 is 5.67 Å². The second kappa shape index (κ2) is 3.56. The molecular formula is C12H15F2N. The van der Waals surface area contributed by atoms with E-state index in [1.807, 2.05) is 0 Å². The third kappa shape index (κ3) is 1.88. The minimum Gasteiger partial charge on any atom is -0.328 e. The predicted octanol–water partition coefficient (Wildman–Crippen LogP) is 2.81. The molecule has 2 rings (SSSR count). The van der Waals surface area contributed by atoms with Gasteiger partial charge in [0, 0.05) is 12.5 Å². The molecule has 2 unspecified atom stereocenters. The van der Waals surface area contributed by atoms with Crippen LogP contribution in [0.15, 0.2) is 18.2 Å². The molecule has 0 heterocycles. The molecule has 15 heavy (non-hydrogen) atoms. The number of halogens is 2. The van der Waals surface area contributed by atoms with E-state index in [9.17, 15) is 8.78 Å². The van der Waals surface area contributed by atoms with Crippen molar-refractivity contribution in [2.24, 2.45) is 5.73 Å². The number of alkyl halides is 1. The number of benzene rings is 1. The van der Waals surface area contributed by atoms with E-state index in [-0.39, 0.29) is 11.9 Å². The molecule has 0 amide bonds. The van der Waals surface area contributed by atoms with Crippen LogP contribution < -0.4 is 5.73 Å². The molecular weight excluding hydrogens is 196 g/mol. The molecule has 3 heteroatoms. The van der Waals surface area contributed by atoms with Crippen molar-refractivity contribution in [3.63, 3.8) is 0 Å². The SMILES string of the molecule is Cc1cc(C2(F)CCC(N)C2)ccc1F. The van der Waals surface area contributed by atoms with E-state index in [1.165, 1.54) is 12.1 Å². The van der Waals surface area contributed by atoms with Gasteiger partial charge in [0.15, 0.2) is 0 Å². The van der Waals surface area contributed by atoms with Gasteiger partial charge in [0.1, 0.15) is 11.5 Å². The van der Waals surface area contributed by atoms with Crippen molar-refractivity contribution in [2.75, 3.05) is 0 Å². The molecule has 2 atom stereocenters. The third-order valence-electron chi connectivity index (χ3n) is 3.17. The smallest absolute Gasteiger partial charge is 0.137 e. The van der Waals surface area contributed by atoms with Crippen LogP contribution >= 0.6 is 0 Å². The molecule has 1 nitrogen and oxygen atoms in total. The number of hydrogen-bond donors (Lipinski definition) is 1. The van der Waals surface area contributed by atoms with Gasteiger partial charge in [-0.15, -0.1) is 0 Å². The van der Waals surface area contributed by atoms with Crippen LogP contribution in [-0.4, -0.2) is 6.04 Å². The van der Waals surface area contributed by atoms with Gasteiger partial charge in [0.25, 0.3) is 0 Å². The number of aryl methyl sites for hydroxylation is 1. The molecule has 1 aromatic rings. The highest BCUT2D eigenvalue weighted by Gasteiger charge is 2.39. The Labute approximate surface area is 88.3 Å². The third-order valence-corrected chi connectivity index (χ3v) is 3.17. The fourth-order valence-electron chi connectivity index (χ4n) is 2.22. The monoisotopic (exact) mass is 211 g/mol. The molecule has 0 bridgehead atoms. The molecule has 0 aromatic heterocycles. The lowest BCUT2D eigenvalue weighted by Crippen LogP contribution is -2.21. The van der Waals surface area contributed by atoms with Gasteiger partial charge in [0.05, 0.1) is 0 Å². The summed E-state index contributed by atoms with van der Waals surface area (Å²) in [5.41, 5.74) is 5.41. The lowest BCUT2D eigenvalue weighted by Gasteiger charge is -2.20. The summed E-state index contributed by atoms with van der Waals surface area (Å²) in [6, 6.07) is 4.38. The standard InChI is InChI=1S/C12H15F2N/c1-8-6-9(2-3-11(8)13)12(14)5-4-10(15)7-12/h2-3,6,10H,4-5,7,15H2,1H3. The molecule has 1 aliphatic carbocycles. The maximum atomic E-state index is 14.4. The van der Waals surface area contributed by atoms with E-state index in [0.717, 1.165) is 0 Å². The molecule has 1 aromatic carbocycles. The summed E-state index contributed by atoms with van der Waals surface area (Å²) in [6.45, 7) is 1.65. The lowest BCUT2D eigenvalue weighted by atomic mass is 9.92. The Morgan fingerprint density at radius 3 is 2.73 bits per heavy atom. The second-order valence-corrected chi connectivity index (χ2v) is 4.43. The summed E-state index contributed by atoms with van der Waals surface area (Å²) in [6.07, 6.45) is 1.49. The van der Waals surface area contributed by atoms with Crippen molar-refractivity contribution in [3.8, 4) is 0 Å². The predicted molar refractivity (Wildman–Crippen MR) is 55.7 cm³/mol. The van der Waals surface area contributed by atoms with Crippen molar-refractivity contribution in [1.82, 2.24) is 0 Å². The summed E-state index contributed by atoms with van der Waals surface area (Å²) in [5, 5.41) is 0. The first-order chi connectivity index (χ1) is 7.01. The molecule has 0 saturated heterocycles. The molecule has 1 fully saturated rings. The van der Waals surface area contributed by atoms with Gasteiger partial charge in [-0.25, -0.2) is 8.78 Å². The molecule has 0 radical (unpaired) electrons. The average molecular weight is 211 g/mol. The van der Waals surface area contributed by atoms with E-state index >= 15 is 0 Å². The maximum Gasteiger partial charge on any atom is 0.137 e. The van der Waals surface area contributed by atoms with Crippen molar-refractivity contribution >= 4 is 0 Å². The fourth-order valence-corrected chi connectivity index (χ4v) is 2.22. The summed E-state index contributed by atoms with van der Waals surface area (Å²) < 4.78 is 27.4. The van der Waals surface area contributed by atoms with Crippen LogP contribution in [0.4, 0.5) is 8.78 Å². The molecule has 1 saturated carbocycles. The van der Waals surface area contributed by atoms with Crippen LogP contribution in [0.25, 0.3) is 0 Å². The lowest BCUT2D eigenvalue weighted by molar-refractivity contribution is 0.172. The van der Waals surface area contributed by atoms with E-state index in [4.69, 9.17) is 5.73 Å². The molecule has 1 aliphatic rings. The Kier molecular flexibility index (Phi) is 2.51. The highest BCUT2D eigenvalue weighted by atomic mass is 19.1. The number of hydrogen-bond acceptors (Lipinski definition) is 1. The van der Waals surface area contributed by atoms with Crippen LogP contribution in [0.2, 0.25) is 0 Å². The number of nitrogens with two attached hydrogens (primary N) is 1. The minimum absolute atomic E-state index is 0.0691. The van der Waals surface area contributed by atoms with Crippen LogP contribution in [0.3, 0.4) is 0 Å². The van der Waals surface area contributed by atoms with E-state index in [1.54, 1.807) is 13.0 Å². The molecule has 0 spiro atoms. The fraction of sp³-hybridized carbons (Fsp3) is 0.500. The maximum absolute atomic E-state index is 14.4. The van der Waals surface area contributed by atoms with Gasteiger partial charge >= 0.3 is 0 Å². The van der Waals surface area contributed by atoms with Gasteiger partial charge in [-0.3, -0.25) is 0 Å². The zero-order valence-electron chi connectivity index (χ0n) is 8.76. The topological polar surface area (TPSA) is 26.0 Å². The quantitative estimate of drug-likeness (QED) is 0.759. The average Bonchev–Trinajstić information content (AvgIpc) is 2.52. The van der Waals surface area contributed by atoms with Crippen LogP contribution in [0, 0.1) is 12.7 Å².